The average molecular weight is 381 g/mol. The molecule has 0 aromatic carbocycles. The van der Waals surface area contributed by atoms with Crippen molar-refractivity contribution in [2.24, 2.45) is 52.3 Å². The molecule has 0 amide bonds. The molecule has 2 fully saturated rings. The number of hydrogen-bond donors (Lipinski definition) is 2. The van der Waals surface area contributed by atoms with Crippen molar-refractivity contribution in [1.29, 1.82) is 0 Å². The third-order valence-electron chi connectivity index (χ3n) is 8.16. The number of rotatable bonds is 3. The van der Waals surface area contributed by atoms with Gasteiger partial charge in [0, 0.05) is 0 Å². The van der Waals surface area contributed by atoms with Gasteiger partial charge in [-0.2, -0.15) is 0 Å². The van der Waals surface area contributed by atoms with E-state index in [1.807, 2.05) is 0 Å². The van der Waals surface area contributed by atoms with Gasteiger partial charge in [-0.3, -0.25) is 0 Å². The topological polar surface area (TPSA) is 40.5 Å². The van der Waals surface area contributed by atoms with E-state index in [0.29, 0.717) is 41.4 Å². The van der Waals surface area contributed by atoms with Crippen molar-refractivity contribution in [3.8, 4) is 0 Å². The molecule has 2 heteroatoms. The Bertz CT molecular complexity index is 430. The lowest BCUT2D eigenvalue weighted by molar-refractivity contribution is -0.116. The van der Waals surface area contributed by atoms with Crippen molar-refractivity contribution < 1.29 is 10.2 Å². The summed E-state index contributed by atoms with van der Waals surface area (Å²) < 4.78 is 0. The molecule has 0 spiro atoms. The Morgan fingerprint density at radius 1 is 0.704 bits per heavy atom. The molecule has 8 atom stereocenters. The van der Waals surface area contributed by atoms with Crippen LogP contribution in [-0.2, 0) is 0 Å². The summed E-state index contributed by atoms with van der Waals surface area (Å²) in [6, 6.07) is 0. The molecule has 0 aliphatic heterocycles. The third-order valence-corrected chi connectivity index (χ3v) is 8.16. The average Bonchev–Trinajstić information content (AvgIpc) is 2.51. The molecule has 2 N–H and O–H groups in total. The van der Waals surface area contributed by atoms with Crippen molar-refractivity contribution >= 4 is 0 Å². The summed E-state index contributed by atoms with van der Waals surface area (Å²) in [6.45, 7) is 20.7. The van der Waals surface area contributed by atoms with Gasteiger partial charge in [0.05, 0.1) is 12.2 Å². The molecule has 0 heterocycles. The van der Waals surface area contributed by atoms with Crippen molar-refractivity contribution in [2.45, 2.75) is 107 Å². The standard InChI is InChI=1S/C25H48O2/c1-10-17(18-11-15(2)13-20(22(18)26)24(4,5)6)19-12-16(3)14-21(23(19)27)25(7,8)9/h15-23,26-27H,10-14H2,1-9H3. The predicted molar refractivity (Wildman–Crippen MR) is 115 cm³/mol. The molecule has 2 aliphatic rings. The largest absolute Gasteiger partial charge is 0.393 e. The van der Waals surface area contributed by atoms with E-state index in [-0.39, 0.29) is 23.0 Å². The quantitative estimate of drug-likeness (QED) is 0.616. The molecule has 160 valence electrons. The summed E-state index contributed by atoms with van der Waals surface area (Å²) in [5.74, 6) is 3.12. The number of aliphatic hydroxyl groups excluding tert-OH is 2. The lowest BCUT2D eigenvalue weighted by Crippen LogP contribution is -2.51. The zero-order chi connectivity index (χ0) is 20.7. The second kappa shape index (κ2) is 8.34. The molecule has 0 saturated heterocycles. The minimum Gasteiger partial charge on any atom is -0.393 e. The number of hydrogen-bond acceptors (Lipinski definition) is 2. The Hall–Kier alpha value is -0.0800. The van der Waals surface area contributed by atoms with Gasteiger partial charge in [-0.1, -0.05) is 68.7 Å². The summed E-state index contributed by atoms with van der Waals surface area (Å²) in [5.41, 5.74) is 0.272. The Balaban J connectivity index is 2.30. The zero-order valence-electron chi connectivity index (χ0n) is 19.6. The maximum Gasteiger partial charge on any atom is 0.0604 e. The first kappa shape index (κ1) is 23.2. The van der Waals surface area contributed by atoms with Crippen LogP contribution in [0.15, 0.2) is 0 Å². The van der Waals surface area contributed by atoms with E-state index in [1.54, 1.807) is 0 Å². The van der Waals surface area contributed by atoms with Crippen LogP contribution in [-0.4, -0.2) is 22.4 Å². The van der Waals surface area contributed by atoms with Crippen LogP contribution in [0.2, 0.25) is 0 Å². The van der Waals surface area contributed by atoms with Gasteiger partial charge in [0.2, 0.25) is 0 Å². The second-order valence-corrected chi connectivity index (χ2v) is 12.5. The van der Waals surface area contributed by atoms with E-state index >= 15 is 0 Å². The first-order valence-corrected chi connectivity index (χ1v) is 11.6. The fourth-order valence-corrected chi connectivity index (χ4v) is 6.65. The van der Waals surface area contributed by atoms with Gasteiger partial charge in [-0.25, -0.2) is 0 Å². The van der Waals surface area contributed by atoms with Crippen molar-refractivity contribution in [1.82, 2.24) is 0 Å². The maximum absolute atomic E-state index is 11.4. The Kier molecular flexibility index (Phi) is 7.17. The van der Waals surface area contributed by atoms with Crippen LogP contribution in [0.5, 0.6) is 0 Å². The molecule has 8 unspecified atom stereocenters. The van der Waals surface area contributed by atoms with Gasteiger partial charge >= 0.3 is 0 Å². The lowest BCUT2D eigenvalue weighted by Gasteiger charge is -2.52. The molecule has 2 rings (SSSR count). The predicted octanol–water partition coefficient (Wildman–Crippen LogP) is 6.15. The highest BCUT2D eigenvalue weighted by Gasteiger charge is 2.49. The van der Waals surface area contributed by atoms with Crippen LogP contribution >= 0.6 is 0 Å². The molecule has 0 aromatic heterocycles. The Labute approximate surface area is 169 Å². The van der Waals surface area contributed by atoms with Gasteiger partial charge in [0.1, 0.15) is 0 Å². The van der Waals surface area contributed by atoms with E-state index < -0.39 is 0 Å². The fourth-order valence-electron chi connectivity index (χ4n) is 6.65. The van der Waals surface area contributed by atoms with Gasteiger partial charge in [-0.15, -0.1) is 0 Å². The highest BCUT2D eigenvalue weighted by atomic mass is 16.3. The monoisotopic (exact) mass is 380 g/mol. The van der Waals surface area contributed by atoms with Gasteiger partial charge in [-0.05, 0) is 77.9 Å². The summed E-state index contributed by atoms with van der Waals surface area (Å²) in [4.78, 5) is 0. The van der Waals surface area contributed by atoms with Crippen LogP contribution < -0.4 is 0 Å². The molecular formula is C25H48O2. The zero-order valence-corrected chi connectivity index (χ0v) is 19.6. The molecule has 0 radical (unpaired) electrons. The van der Waals surface area contributed by atoms with E-state index in [2.05, 4.69) is 62.3 Å². The first-order valence-electron chi connectivity index (χ1n) is 11.6. The Morgan fingerprint density at radius 3 is 1.30 bits per heavy atom. The van der Waals surface area contributed by atoms with Gasteiger partial charge < -0.3 is 10.2 Å². The summed E-state index contributed by atoms with van der Waals surface area (Å²) in [6.07, 6.45) is 5.09. The molecule has 27 heavy (non-hydrogen) atoms. The third kappa shape index (κ3) is 5.10. The van der Waals surface area contributed by atoms with Crippen molar-refractivity contribution in [3.63, 3.8) is 0 Å². The van der Waals surface area contributed by atoms with Crippen molar-refractivity contribution in [3.05, 3.63) is 0 Å². The highest BCUT2D eigenvalue weighted by molar-refractivity contribution is 4.99. The van der Waals surface area contributed by atoms with Crippen LogP contribution in [0.1, 0.15) is 94.4 Å². The minimum atomic E-state index is -0.233. The summed E-state index contributed by atoms with van der Waals surface area (Å²) in [5, 5.41) is 22.8. The van der Waals surface area contributed by atoms with Gasteiger partial charge in [0.25, 0.3) is 0 Å². The van der Waals surface area contributed by atoms with E-state index in [9.17, 15) is 10.2 Å². The van der Waals surface area contributed by atoms with Gasteiger partial charge in [0.15, 0.2) is 0 Å². The SMILES string of the molecule is CCC(C1CC(C)CC(C(C)(C)C)C1O)C1CC(C)CC(C(C)(C)C)C1O. The van der Waals surface area contributed by atoms with Crippen LogP contribution in [0.25, 0.3) is 0 Å². The summed E-state index contributed by atoms with van der Waals surface area (Å²) in [7, 11) is 0. The molecule has 2 nitrogen and oxygen atoms in total. The van der Waals surface area contributed by atoms with Crippen LogP contribution in [0, 0.1) is 52.3 Å². The smallest absolute Gasteiger partial charge is 0.0604 e. The van der Waals surface area contributed by atoms with E-state index in [0.717, 1.165) is 32.1 Å². The molecule has 0 aromatic rings. The van der Waals surface area contributed by atoms with Crippen LogP contribution in [0.3, 0.4) is 0 Å². The Morgan fingerprint density at radius 2 is 1.04 bits per heavy atom. The molecular weight excluding hydrogens is 332 g/mol. The van der Waals surface area contributed by atoms with Crippen LogP contribution in [0.4, 0.5) is 0 Å². The lowest BCUT2D eigenvalue weighted by atomic mass is 9.55. The highest BCUT2D eigenvalue weighted by Crippen LogP contribution is 2.52. The summed E-state index contributed by atoms with van der Waals surface area (Å²) >= 11 is 0. The fraction of sp³-hybridized carbons (Fsp3) is 1.00. The second-order valence-electron chi connectivity index (χ2n) is 12.5. The molecule has 2 saturated carbocycles. The normalized spacial score (nSPS) is 42.8. The molecule has 2 aliphatic carbocycles. The minimum absolute atomic E-state index is 0.136. The maximum atomic E-state index is 11.4. The van der Waals surface area contributed by atoms with Crippen molar-refractivity contribution in [2.75, 3.05) is 0 Å². The van der Waals surface area contributed by atoms with E-state index in [1.165, 1.54) is 0 Å². The van der Waals surface area contributed by atoms with E-state index in [4.69, 9.17) is 0 Å². The first-order chi connectivity index (χ1) is 12.3. The number of aliphatic hydroxyl groups is 2. The molecule has 0 bridgehead atoms.